The number of benzene rings is 1. The maximum atomic E-state index is 5.16. The van der Waals surface area contributed by atoms with Gasteiger partial charge in [-0.1, -0.05) is 16.9 Å². The van der Waals surface area contributed by atoms with Gasteiger partial charge in [0.1, 0.15) is 5.75 Å². The van der Waals surface area contributed by atoms with Crippen molar-refractivity contribution in [1.29, 1.82) is 0 Å². The number of imidazole rings is 1. The molecule has 3 aromatic rings. The lowest BCUT2D eigenvalue weighted by atomic mass is 10.3. The fourth-order valence-corrected chi connectivity index (χ4v) is 2.29. The number of aromatic nitrogens is 4. The van der Waals surface area contributed by atoms with E-state index >= 15 is 0 Å². The minimum absolute atomic E-state index is 0.619. The van der Waals surface area contributed by atoms with Crippen molar-refractivity contribution in [3.05, 3.63) is 30.4 Å². The molecule has 0 unspecified atom stereocenters. The quantitative estimate of drug-likeness (QED) is 0.727. The third kappa shape index (κ3) is 2.17. The van der Waals surface area contributed by atoms with Gasteiger partial charge in [0, 0.05) is 6.07 Å². The number of hydrogen-bond acceptors (Lipinski definition) is 6. The molecule has 3 rings (SSSR count). The summed E-state index contributed by atoms with van der Waals surface area (Å²) in [5.74, 6) is 2.08. The number of nitrogens with one attached hydrogen (secondary N) is 1. The zero-order valence-electron chi connectivity index (χ0n) is 9.58. The third-order valence-electron chi connectivity index (χ3n) is 2.41. The molecule has 0 saturated carbocycles. The SMILES string of the molecule is COc1ccc2nc(SCc3ncon3)[nH]c2c1. The van der Waals surface area contributed by atoms with Gasteiger partial charge in [0.2, 0.25) is 6.39 Å². The zero-order chi connectivity index (χ0) is 12.4. The summed E-state index contributed by atoms with van der Waals surface area (Å²) in [6, 6.07) is 5.72. The Hall–Kier alpha value is -2.02. The Labute approximate surface area is 107 Å². The first-order chi connectivity index (χ1) is 8.85. The minimum atomic E-state index is 0.619. The van der Waals surface area contributed by atoms with Gasteiger partial charge in [-0.25, -0.2) is 4.98 Å². The number of fused-ring (bicyclic) bond motifs is 1. The molecule has 0 aliphatic rings. The van der Waals surface area contributed by atoms with E-state index in [0.717, 1.165) is 21.9 Å². The van der Waals surface area contributed by atoms with E-state index in [2.05, 4.69) is 24.6 Å². The van der Waals surface area contributed by atoms with Gasteiger partial charge in [-0.2, -0.15) is 4.98 Å². The van der Waals surface area contributed by atoms with Gasteiger partial charge in [0.15, 0.2) is 11.0 Å². The van der Waals surface area contributed by atoms with Crippen LogP contribution in [0, 0.1) is 0 Å². The van der Waals surface area contributed by atoms with Crippen LogP contribution in [0.5, 0.6) is 5.75 Å². The molecule has 0 spiro atoms. The maximum absolute atomic E-state index is 5.16. The van der Waals surface area contributed by atoms with Gasteiger partial charge >= 0.3 is 0 Å². The molecule has 1 aromatic carbocycles. The van der Waals surface area contributed by atoms with Crippen LogP contribution in [0.25, 0.3) is 11.0 Å². The summed E-state index contributed by atoms with van der Waals surface area (Å²) in [4.78, 5) is 11.6. The van der Waals surface area contributed by atoms with Gasteiger partial charge in [-0.15, -0.1) is 0 Å². The largest absolute Gasteiger partial charge is 0.497 e. The second kappa shape index (κ2) is 4.69. The second-order valence-corrected chi connectivity index (χ2v) is 4.53. The molecule has 0 saturated heterocycles. The highest BCUT2D eigenvalue weighted by atomic mass is 32.2. The molecule has 0 amide bonds. The molecule has 0 fully saturated rings. The standard InChI is InChI=1S/C11H10N4O2S/c1-16-7-2-3-8-9(4-7)14-11(13-8)18-5-10-12-6-17-15-10/h2-4,6H,5H2,1H3,(H,13,14). The summed E-state index contributed by atoms with van der Waals surface area (Å²) in [6.45, 7) is 0. The summed E-state index contributed by atoms with van der Waals surface area (Å²) >= 11 is 1.52. The molecular weight excluding hydrogens is 252 g/mol. The molecule has 0 aliphatic carbocycles. The number of thioether (sulfide) groups is 1. The van der Waals surface area contributed by atoms with Crippen LogP contribution in [-0.4, -0.2) is 27.2 Å². The lowest BCUT2D eigenvalue weighted by Gasteiger charge is -1.96. The van der Waals surface area contributed by atoms with Crippen LogP contribution in [0.15, 0.2) is 34.3 Å². The van der Waals surface area contributed by atoms with Gasteiger partial charge in [-0.05, 0) is 12.1 Å². The molecule has 6 nitrogen and oxygen atoms in total. The molecule has 0 atom stereocenters. The van der Waals surface area contributed by atoms with E-state index in [9.17, 15) is 0 Å². The van der Waals surface area contributed by atoms with Gasteiger partial charge in [0.25, 0.3) is 0 Å². The van der Waals surface area contributed by atoms with Crippen LogP contribution in [-0.2, 0) is 5.75 Å². The lowest BCUT2D eigenvalue weighted by molar-refractivity contribution is 0.412. The lowest BCUT2D eigenvalue weighted by Crippen LogP contribution is -1.83. The third-order valence-corrected chi connectivity index (χ3v) is 3.28. The summed E-state index contributed by atoms with van der Waals surface area (Å²) in [5.41, 5.74) is 1.86. The van der Waals surface area contributed by atoms with Crippen molar-refractivity contribution in [3.63, 3.8) is 0 Å². The molecule has 7 heteroatoms. The Balaban J connectivity index is 1.80. The Morgan fingerprint density at radius 3 is 3.17 bits per heavy atom. The van der Waals surface area contributed by atoms with Crippen molar-refractivity contribution < 1.29 is 9.26 Å². The van der Waals surface area contributed by atoms with Crippen LogP contribution >= 0.6 is 11.8 Å². The highest BCUT2D eigenvalue weighted by Crippen LogP contribution is 2.24. The smallest absolute Gasteiger partial charge is 0.213 e. The molecule has 0 aliphatic heterocycles. The van der Waals surface area contributed by atoms with Crippen molar-refractivity contribution in [2.45, 2.75) is 10.9 Å². The van der Waals surface area contributed by atoms with E-state index in [1.54, 1.807) is 7.11 Å². The average Bonchev–Trinajstić information content (AvgIpc) is 3.04. The Bertz CT molecular complexity index is 650. The monoisotopic (exact) mass is 262 g/mol. The highest BCUT2D eigenvalue weighted by molar-refractivity contribution is 7.98. The van der Waals surface area contributed by atoms with Crippen molar-refractivity contribution in [3.8, 4) is 5.75 Å². The number of hydrogen-bond donors (Lipinski definition) is 1. The Morgan fingerprint density at radius 2 is 2.39 bits per heavy atom. The molecule has 1 N–H and O–H groups in total. The van der Waals surface area contributed by atoms with E-state index < -0.39 is 0 Å². The predicted octanol–water partition coefficient (Wildman–Crippen LogP) is 2.25. The zero-order valence-corrected chi connectivity index (χ0v) is 10.4. The molecule has 92 valence electrons. The Morgan fingerprint density at radius 1 is 1.44 bits per heavy atom. The number of ether oxygens (including phenoxy) is 1. The van der Waals surface area contributed by atoms with Crippen LogP contribution < -0.4 is 4.74 Å². The summed E-state index contributed by atoms with van der Waals surface area (Å²) in [5, 5.41) is 4.57. The molecule has 2 heterocycles. The summed E-state index contributed by atoms with van der Waals surface area (Å²) < 4.78 is 9.83. The highest BCUT2D eigenvalue weighted by Gasteiger charge is 2.06. The van der Waals surface area contributed by atoms with E-state index in [1.807, 2.05) is 18.2 Å². The molecular formula is C11H10N4O2S. The summed E-state index contributed by atoms with van der Waals surface area (Å²) in [6.07, 6.45) is 1.32. The van der Waals surface area contributed by atoms with Gasteiger partial charge < -0.3 is 14.2 Å². The van der Waals surface area contributed by atoms with Crippen molar-refractivity contribution >= 4 is 22.8 Å². The topological polar surface area (TPSA) is 76.8 Å². The molecule has 18 heavy (non-hydrogen) atoms. The van der Waals surface area contributed by atoms with Crippen molar-refractivity contribution in [2.24, 2.45) is 0 Å². The molecule has 0 radical (unpaired) electrons. The van der Waals surface area contributed by atoms with E-state index in [1.165, 1.54) is 18.2 Å². The fraction of sp³-hybridized carbons (Fsp3) is 0.182. The first-order valence-electron chi connectivity index (χ1n) is 5.27. The first kappa shape index (κ1) is 11.1. The van der Waals surface area contributed by atoms with E-state index in [-0.39, 0.29) is 0 Å². The summed E-state index contributed by atoms with van der Waals surface area (Å²) in [7, 11) is 1.64. The molecule has 0 bridgehead atoms. The minimum Gasteiger partial charge on any atom is -0.497 e. The van der Waals surface area contributed by atoms with Crippen molar-refractivity contribution in [2.75, 3.05) is 7.11 Å². The Kier molecular flexibility index (Phi) is 2.89. The number of H-pyrrole nitrogens is 1. The van der Waals surface area contributed by atoms with E-state index in [4.69, 9.17) is 4.74 Å². The van der Waals surface area contributed by atoms with Gasteiger partial charge in [0.05, 0.1) is 23.9 Å². The normalized spacial score (nSPS) is 10.9. The average molecular weight is 262 g/mol. The van der Waals surface area contributed by atoms with Crippen LogP contribution in [0.4, 0.5) is 0 Å². The number of rotatable bonds is 4. The fourth-order valence-electron chi connectivity index (χ4n) is 1.55. The van der Waals surface area contributed by atoms with Crippen molar-refractivity contribution in [1.82, 2.24) is 20.1 Å². The van der Waals surface area contributed by atoms with Crippen LogP contribution in [0.3, 0.4) is 0 Å². The number of methoxy groups -OCH3 is 1. The van der Waals surface area contributed by atoms with Crippen LogP contribution in [0.1, 0.15) is 5.82 Å². The second-order valence-electron chi connectivity index (χ2n) is 3.56. The maximum Gasteiger partial charge on any atom is 0.213 e. The van der Waals surface area contributed by atoms with Crippen LogP contribution in [0.2, 0.25) is 0 Å². The predicted molar refractivity (Wildman–Crippen MR) is 66.5 cm³/mol. The molecule has 2 aromatic heterocycles. The first-order valence-corrected chi connectivity index (χ1v) is 6.25. The number of nitrogens with zero attached hydrogens (tertiary/aromatic N) is 3. The number of aromatic amines is 1. The van der Waals surface area contributed by atoms with E-state index in [0.29, 0.717) is 11.6 Å². The van der Waals surface area contributed by atoms with Gasteiger partial charge in [-0.3, -0.25) is 0 Å².